The van der Waals surface area contributed by atoms with Crippen LogP contribution < -0.4 is 5.32 Å². The second-order valence-electron chi connectivity index (χ2n) is 4.21. The van der Waals surface area contributed by atoms with Crippen LogP contribution in [0.15, 0.2) is 18.3 Å². The Morgan fingerprint density at radius 2 is 2.18 bits per heavy atom. The van der Waals surface area contributed by atoms with Crippen LogP contribution in [-0.2, 0) is 0 Å². The molecule has 0 aromatic carbocycles. The molecule has 0 bridgehead atoms. The highest BCUT2D eigenvalue weighted by Gasteiger charge is 2.10. The lowest BCUT2D eigenvalue weighted by Gasteiger charge is -2.15. The maximum atomic E-state index is 10.6. The Bertz CT molecular complexity index is 372. The number of hydrogen-bond donors (Lipinski definition) is 2. The average molecular weight is 235 g/mol. The van der Waals surface area contributed by atoms with Gasteiger partial charge in [0.15, 0.2) is 0 Å². The first kappa shape index (κ1) is 11.9. The molecule has 1 aromatic rings. The van der Waals surface area contributed by atoms with E-state index in [2.05, 4.69) is 15.2 Å². The summed E-state index contributed by atoms with van der Waals surface area (Å²) in [6, 6.07) is 3.26. The van der Waals surface area contributed by atoms with Gasteiger partial charge in [0.05, 0.1) is 11.9 Å². The molecule has 1 saturated heterocycles. The minimum absolute atomic E-state index is 0.0788. The molecule has 1 aromatic heterocycles. The smallest absolute Gasteiger partial charge is 0.354 e. The topological polar surface area (TPSA) is 65.5 Å². The number of rotatable bonds is 5. The van der Waals surface area contributed by atoms with Gasteiger partial charge in [-0.25, -0.2) is 9.78 Å². The molecule has 2 heterocycles. The van der Waals surface area contributed by atoms with E-state index in [9.17, 15) is 4.79 Å². The molecule has 5 nitrogen and oxygen atoms in total. The van der Waals surface area contributed by atoms with Crippen LogP contribution in [0.2, 0.25) is 0 Å². The number of aromatic nitrogens is 1. The van der Waals surface area contributed by atoms with Gasteiger partial charge in [0.2, 0.25) is 0 Å². The monoisotopic (exact) mass is 235 g/mol. The fourth-order valence-corrected chi connectivity index (χ4v) is 1.99. The molecule has 17 heavy (non-hydrogen) atoms. The van der Waals surface area contributed by atoms with Crippen molar-refractivity contribution in [2.24, 2.45) is 0 Å². The zero-order valence-corrected chi connectivity index (χ0v) is 9.72. The van der Waals surface area contributed by atoms with Crippen molar-refractivity contribution in [3.63, 3.8) is 0 Å². The average Bonchev–Trinajstić information content (AvgIpc) is 2.83. The van der Waals surface area contributed by atoms with Crippen molar-refractivity contribution in [3.8, 4) is 0 Å². The molecule has 0 amide bonds. The van der Waals surface area contributed by atoms with Gasteiger partial charge in [-0.05, 0) is 38.1 Å². The first-order valence-corrected chi connectivity index (χ1v) is 5.91. The van der Waals surface area contributed by atoms with Crippen molar-refractivity contribution < 1.29 is 9.90 Å². The number of hydrogen-bond acceptors (Lipinski definition) is 4. The molecule has 0 radical (unpaired) electrons. The van der Waals surface area contributed by atoms with Gasteiger partial charge < -0.3 is 15.3 Å². The lowest BCUT2D eigenvalue weighted by molar-refractivity contribution is 0.0690. The van der Waals surface area contributed by atoms with E-state index in [0.29, 0.717) is 0 Å². The Morgan fingerprint density at radius 1 is 1.41 bits per heavy atom. The standard InChI is InChI=1S/C12H17N3O2/c16-12(17)11-4-3-10(9-14-11)13-5-8-15-6-1-2-7-15/h3-4,9,13H,1-2,5-8H2,(H,16,17). The Morgan fingerprint density at radius 3 is 2.76 bits per heavy atom. The van der Waals surface area contributed by atoms with E-state index in [1.165, 1.54) is 32.0 Å². The highest BCUT2D eigenvalue weighted by molar-refractivity contribution is 5.85. The third-order valence-corrected chi connectivity index (χ3v) is 2.94. The van der Waals surface area contributed by atoms with Gasteiger partial charge >= 0.3 is 5.97 Å². The second kappa shape index (κ2) is 5.63. The molecule has 0 saturated carbocycles. The summed E-state index contributed by atoms with van der Waals surface area (Å²) < 4.78 is 0. The highest BCUT2D eigenvalue weighted by atomic mass is 16.4. The van der Waals surface area contributed by atoms with E-state index in [0.717, 1.165) is 18.8 Å². The van der Waals surface area contributed by atoms with E-state index in [-0.39, 0.29) is 5.69 Å². The van der Waals surface area contributed by atoms with Gasteiger partial charge in [0, 0.05) is 13.1 Å². The predicted molar refractivity (Wildman–Crippen MR) is 65.4 cm³/mol. The minimum atomic E-state index is -0.992. The Kier molecular flexibility index (Phi) is 3.93. The Labute approximate surface area is 100 Å². The van der Waals surface area contributed by atoms with E-state index in [1.807, 2.05) is 0 Å². The van der Waals surface area contributed by atoms with Crippen LogP contribution in [0.1, 0.15) is 23.3 Å². The maximum absolute atomic E-state index is 10.6. The van der Waals surface area contributed by atoms with E-state index < -0.39 is 5.97 Å². The van der Waals surface area contributed by atoms with Crippen molar-refractivity contribution >= 4 is 11.7 Å². The fraction of sp³-hybridized carbons (Fsp3) is 0.500. The first-order chi connectivity index (χ1) is 8.25. The highest BCUT2D eigenvalue weighted by Crippen LogP contribution is 2.08. The number of anilines is 1. The summed E-state index contributed by atoms with van der Waals surface area (Å²) in [4.78, 5) is 16.9. The molecule has 0 unspecified atom stereocenters. The van der Waals surface area contributed by atoms with Gasteiger partial charge in [-0.2, -0.15) is 0 Å². The van der Waals surface area contributed by atoms with E-state index in [1.54, 1.807) is 12.3 Å². The number of carboxylic acid groups (broad SMARTS) is 1. The number of pyridine rings is 1. The lowest BCUT2D eigenvalue weighted by Crippen LogP contribution is -2.25. The molecule has 1 aliphatic heterocycles. The van der Waals surface area contributed by atoms with E-state index in [4.69, 9.17) is 5.11 Å². The molecule has 2 rings (SSSR count). The summed E-state index contributed by atoms with van der Waals surface area (Å²) in [5.41, 5.74) is 0.948. The van der Waals surface area contributed by atoms with Crippen molar-refractivity contribution in [2.45, 2.75) is 12.8 Å². The number of carboxylic acids is 1. The molecule has 1 fully saturated rings. The Balaban J connectivity index is 1.76. The van der Waals surface area contributed by atoms with Gasteiger partial charge in [0.25, 0.3) is 0 Å². The summed E-state index contributed by atoms with van der Waals surface area (Å²) in [7, 11) is 0. The van der Waals surface area contributed by atoms with Gasteiger partial charge in [-0.3, -0.25) is 0 Å². The molecular formula is C12H17N3O2. The second-order valence-corrected chi connectivity index (χ2v) is 4.21. The molecule has 1 aliphatic rings. The summed E-state index contributed by atoms with van der Waals surface area (Å²) in [6.07, 6.45) is 4.16. The lowest BCUT2D eigenvalue weighted by atomic mass is 10.3. The maximum Gasteiger partial charge on any atom is 0.354 e. The van der Waals surface area contributed by atoms with Crippen LogP contribution in [0.5, 0.6) is 0 Å². The number of likely N-dealkylation sites (tertiary alicyclic amines) is 1. The van der Waals surface area contributed by atoms with Gasteiger partial charge in [-0.1, -0.05) is 0 Å². The van der Waals surface area contributed by atoms with Crippen LogP contribution in [0.25, 0.3) is 0 Å². The summed E-state index contributed by atoms with van der Waals surface area (Å²) >= 11 is 0. The molecular weight excluding hydrogens is 218 g/mol. The van der Waals surface area contributed by atoms with Crippen molar-refractivity contribution in [1.29, 1.82) is 0 Å². The summed E-state index contributed by atoms with van der Waals surface area (Å²) in [6.45, 7) is 4.28. The molecule has 0 aliphatic carbocycles. The number of nitrogens with one attached hydrogen (secondary N) is 1. The van der Waals surface area contributed by atoms with Crippen LogP contribution in [-0.4, -0.2) is 47.1 Å². The molecule has 0 spiro atoms. The van der Waals surface area contributed by atoms with Crippen LogP contribution in [0.3, 0.4) is 0 Å². The van der Waals surface area contributed by atoms with Crippen molar-refractivity contribution in [3.05, 3.63) is 24.0 Å². The molecule has 2 N–H and O–H groups in total. The molecule has 92 valence electrons. The van der Waals surface area contributed by atoms with Crippen LogP contribution >= 0.6 is 0 Å². The molecule has 0 atom stereocenters. The Hall–Kier alpha value is -1.62. The first-order valence-electron chi connectivity index (χ1n) is 5.91. The van der Waals surface area contributed by atoms with Crippen molar-refractivity contribution in [1.82, 2.24) is 9.88 Å². The van der Waals surface area contributed by atoms with Crippen LogP contribution in [0, 0.1) is 0 Å². The SMILES string of the molecule is O=C(O)c1ccc(NCCN2CCCC2)cn1. The third-order valence-electron chi connectivity index (χ3n) is 2.94. The molecule has 5 heteroatoms. The van der Waals surface area contributed by atoms with Gasteiger partial charge in [0.1, 0.15) is 5.69 Å². The van der Waals surface area contributed by atoms with Gasteiger partial charge in [-0.15, -0.1) is 0 Å². The summed E-state index contributed by atoms with van der Waals surface area (Å²) in [5, 5.41) is 11.9. The largest absolute Gasteiger partial charge is 0.477 e. The predicted octanol–water partition coefficient (Wildman–Crippen LogP) is 1.29. The number of nitrogens with zero attached hydrogens (tertiary/aromatic N) is 2. The number of carbonyl (C=O) groups is 1. The van der Waals surface area contributed by atoms with Crippen LogP contribution in [0.4, 0.5) is 5.69 Å². The van der Waals surface area contributed by atoms with E-state index >= 15 is 0 Å². The number of aromatic carboxylic acids is 1. The normalized spacial score (nSPS) is 16.0. The minimum Gasteiger partial charge on any atom is -0.477 e. The fourth-order valence-electron chi connectivity index (χ4n) is 1.99. The van der Waals surface area contributed by atoms with Crippen molar-refractivity contribution in [2.75, 3.05) is 31.5 Å². The quantitative estimate of drug-likeness (QED) is 0.805. The third kappa shape index (κ3) is 3.42. The summed E-state index contributed by atoms with van der Waals surface area (Å²) in [5.74, 6) is -0.992. The zero-order valence-electron chi connectivity index (χ0n) is 9.72. The zero-order chi connectivity index (χ0) is 12.1.